The van der Waals surface area contributed by atoms with Crippen molar-refractivity contribution < 1.29 is 8.42 Å². The molecule has 3 rings (SSSR count). The van der Waals surface area contributed by atoms with Gasteiger partial charge in [-0.25, -0.2) is 4.98 Å². The maximum Gasteiger partial charge on any atom is 0.283 e. The van der Waals surface area contributed by atoms with Crippen LogP contribution in [0.3, 0.4) is 0 Å². The standard InChI is InChI=1S/C16H22N4O2S/c1-12-17-16(11-19(12)4)23(21,22)20-10-14(18(2)3)9-13-7-5-6-8-15(13)20/h5-8,11,14H,9-10H2,1-4H3. The van der Waals surface area contributed by atoms with Crippen LogP contribution in [0.4, 0.5) is 5.69 Å². The van der Waals surface area contributed by atoms with E-state index >= 15 is 0 Å². The first kappa shape index (κ1) is 16.0. The summed E-state index contributed by atoms with van der Waals surface area (Å²) < 4.78 is 29.5. The molecule has 1 aromatic heterocycles. The summed E-state index contributed by atoms with van der Waals surface area (Å²) in [6.45, 7) is 2.23. The molecule has 1 aliphatic rings. The van der Waals surface area contributed by atoms with Crippen LogP contribution in [0.2, 0.25) is 0 Å². The summed E-state index contributed by atoms with van der Waals surface area (Å²) >= 11 is 0. The predicted octanol–water partition coefficient (Wildman–Crippen LogP) is 1.41. The molecule has 1 aliphatic heterocycles. The highest BCUT2D eigenvalue weighted by Crippen LogP contribution is 2.32. The molecule has 23 heavy (non-hydrogen) atoms. The average Bonchev–Trinajstić information content (AvgIpc) is 2.86. The number of rotatable bonds is 3. The Balaban J connectivity index is 2.10. The summed E-state index contributed by atoms with van der Waals surface area (Å²) in [5.74, 6) is 0.679. The lowest BCUT2D eigenvalue weighted by Crippen LogP contribution is -2.48. The van der Waals surface area contributed by atoms with Crippen molar-refractivity contribution in [1.29, 1.82) is 0 Å². The molecule has 1 aromatic carbocycles. The van der Waals surface area contributed by atoms with Crippen molar-refractivity contribution in [3.8, 4) is 0 Å². The lowest BCUT2D eigenvalue weighted by atomic mass is 9.99. The Morgan fingerprint density at radius 2 is 1.96 bits per heavy atom. The number of benzene rings is 1. The third-order valence-corrected chi connectivity index (χ3v) is 6.11. The Kier molecular flexibility index (Phi) is 3.93. The van der Waals surface area contributed by atoms with Crippen molar-refractivity contribution in [3.05, 3.63) is 41.9 Å². The van der Waals surface area contributed by atoms with E-state index in [-0.39, 0.29) is 11.1 Å². The minimum Gasteiger partial charge on any atom is -0.337 e. The van der Waals surface area contributed by atoms with E-state index in [1.807, 2.05) is 38.4 Å². The van der Waals surface area contributed by atoms with Crippen molar-refractivity contribution >= 4 is 15.7 Å². The molecule has 0 N–H and O–H groups in total. The van der Waals surface area contributed by atoms with E-state index < -0.39 is 10.0 Å². The van der Waals surface area contributed by atoms with Crippen molar-refractivity contribution in [3.63, 3.8) is 0 Å². The number of para-hydroxylation sites is 1. The zero-order chi connectivity index (χ0) is 16.8. The van der Waals surface area contributed by atoms with Crippen molar-refractivity contribution in [2.75, 3.05) is 24.9 Å². The summed E-state index contributed by atoms with van der Waals surface area (Å²) in [7, 11) is 2.09. The van der Waals surface area contributed by atoms with Crippen LogP contribution in [0.1, 0.15) is 11.4 Å². The summed E-state index contributed by atoms with van der Waals surface area (Å²) in [5.41, 5.74) is 1.81. The molecule has 1 atom stereocenters. The SMILES string of the molecule is Cc1nc(S(=O)(=O)N2CC(N(C)C)Cc3ccccc32)cn1C. The van der Waals surface area contributed by atoms with Crippen molar-refractivity contribution in [2.24, 2.45) is 7.05 Å². The predicted molar refractivity (Wildman–Crippen MR) is 90.1 cm³/mol. The fourth-order valence-corrected chi connectivity index (χ4v) is 4.44. The molecule has 0 spiro atoms. The van der Waals surface area contributed by atoms with Gasteiger partial charge in [-0.15, -0.1) is 0 Å². The lowest BCUT2D eigenvalue weighted by Gasteiger charge is -2.37. The molecule has 0 bridgehead atoms. The smallest absolute Gasteiger partial charge is 0.283 e. The molecule has 124 valence electrons. The first-order chi connectivity index (χ1) is 10.8. The summed E-state index contributed by atoms with van der Waals surface area (Å²) in [6, 6.07) is 7.84. The number of likely N-dealkylation sites (N-methyl/N-ethyl adjacent to an activating group) is 1. The average molecular weight is 334 g/mol. The molecule has 2 heterocycles. The van der Waals surface area contributed by atoms with E-state index in [4.69, 9.17) is 0 Å². The Hall–Kier alpha value is -1.86. The topological polar surface area (TPSA) is 58.4 Å². The maximum absolute atomic E-state index is 13.1. The number of fused-ring (bicyclic) bond motifs is 1. The van der Waals surface area contributed by atoms with E-state index in [1.54, 1.807) is 24.7 Å². The fourth-order valence-electron chi connectivity index (χ4n) is 2.87. The third-order valence-electron chi connectivity index (χ3n) is 4.46. The Morgan fingerprint density at radius 3 is 2.57 bits per heavy atom. The Morgan fingerprint density at radius 1 is 1.26 bits per heavy atom. The molecule has 6 nitrogen and oxygen atoms in total. The van der Waals surface area contributed by atoms with Gasteiger partial charge in [0.25, 0.3) is 10.0 Å². The van der Waals surface area contributed by atoms with Gasteiger partial charge in [0.1, 0.15) is 5.82 Å². The molecule has 0 radical (unpaired) electrons. The van der Waals surface area contributed by atoms with Gasteiger partial charge in [-0.3, -0.25) is 4.31 Å². The number of anilines is 1. The number of imidazole rings is 1. The highest BCUT2D eigenvalue weighted by Gasteiger charge is 2.35. The minimum absolute atomic E-state index is 0.103. The summed E-state index contributed by atoms with van der Waals surface area (Å²) in [5, 5.41) is 0.103. The fraction of sp³-hybridized carbons (Fsp3) is 0.438. The normalized spacial score (nSPS) is 18.3. The zero-order valence-corrected chi connectivity index (χ0v) is 14.7. The van der Waals surface area contributed by atoms with Gasteiger partial charge < -0.3 is 9.47 Å². The van der Waals surface area contributed by atoms with Crippen LogP contribution in [0, 0.1) is 6.92 Å². The van der Waals surface area contributed by atoms with Crippen molar-refractivity contribution in [1.82, 2.24) is 14.5 Å². The van der Waals surface area contributed by atoms with Gasteiger partial charge in [-0.1, -0.05) is 18.2 Å². The first-order valence-corrected chi connectivity index (χ1v) is 9.01. The molecule has 0 amide bonds. The molecular weight excluding hydrogens is 312 g/mol. The van der Waals surface area contributed by atoms with Gasteiger partial charge in [-0.2, -0.15) is 8.42 Å². The molecule has 0 aliphatic carbocycles. The Bertz CT molecular complexity index is 807. The van der Waals surface area contributed by atoms with Crippen LogP contribution < -0.4 is 4.31 Å². The van der Waals surface area contributed by atoms with E-state index in [9.17, 15) is 8.42 Å². The van der Waals surface area contributed by atoms with Crippen LogP contribution in [0.25, 0.3) is 0 Å². The first-order valence-electron chi connectivity index (χ1n) is 7.57. The number of hydrogen-bond acceptors (Lipinski definition) is 4. The van der Waals surface area contributed by atoms with E-state index in [0.29, 0.717) is 12.4 Å². The lowest BCUT2D eigenvalue weighted by molar-refractivity contribution is 0.293. The molecule has 0 saturated carbocycles. The van der Waals surface area contributed by atoms with E-state index in [1.165, 1.54) is 4.31 Å². The highest BCUT2D eigenvalue weighted by molar-refractivity contribution is 7.92. The van der Waals surface area contributed by atoms with Gasteiger partial charge in [-0.05, 0) is 39.1 Å². The monoisotopic (exact) mass is 334 g/mol. The molecule has 0 fully saturated rings. The minimum atomic E-state index is -3.67. The van der Waals surface area contributed by atoms with Crippen molar-refractivity contribution in [2.45, 2.75) is 24.4 Å². The number of aryl methyl sites for hydroxylation is 2. The van der Waals surface area contributed by atoms with Crippen LogP contribution in [0.5, 0.6) is 0 Å². The van der Waals surface area contributed by atoms with Crippen LogP contribution >= 0.6 is 0 Å². The number of hydrogen-bond donors (Lipinski definition) is 0. The molecular formula is C16H22N4O2S. The summed E-state index contributed by atoms with van der Waals surface area (Å²) in [6.07, 6.45) is 2.42. The second-order valence-corrected chi connectivity index (χ2v) is 8.03. The second-order valence-electron chi connectivity index (χ2n) is 6.22. The second kappa shape index (κ2) is 5.65. The number of sulfonamides is 1. The van der Waals surface area contributed by atoms with Gasteiger partial charge in [0.05, 0.1) is 12.2 Å². The summed E-state index contributed by atoms with van der Waals surface area (Å²) in [4.78, 5) is 6.29. The quantitative estimate of drug-likeness (QED) is 0.852. The molecule has 7 heteroatoms. The van der Waals surface area contributed by atoms with Crippen LogP contribution in [-0.2, 0) is 23.5 Å². The van der Waals surface area contributed by atoms with Gasteiger partial charge in [0.15, 0.2) is 5.03 Å². The third kappa shape index (κ3) is 2.74. The van der Waals surface area contributed by atoms with Gasteiger partial charge in [0.2, 0.25) is 0 Å². The van der Waals surface area contributed by atoms with E-state index in [0.717, 1.165) is 17.7 Å². The molecule has 0 saturated heterocycles. The highest BCUT2D eigenvalue weighted by atomic mass is 32.2. The molecule has 2 aromatic rings. The molecule has 1 unspecified atom stereocenters. The zero-order valence-electron chi connectivity index (χ0n) is 13.9. The van der Waals surface area contributed by atoms with Crippen LogP contribution in [0.15, 0.2) is 35.5 Å². The van der Waals surface area contributed by atoms with Gasteiger partial charge >= 0.3 is 0 Å². The number of nitrogens with zero attached hydrogens (tertiary/aromatic N) is 4. The number of aromatic nitrogens is 2. The Labute approximate surface area is 137 Å². The van der Waals surface area contributed by atoms with Gasteiger partial charge in [0, 0.05) is 19.3 Å². The largest absolute Gasteiger partial charge is 0.337 e. The van der Waals surface area contributed by atoms with Crippen LogP contribution in [-0.4, -0.2) is 49.6 Å². The maximum atomic E-state index is 13.1. The van der Waals surface area contributed by atoms with E-state index in [2.05, 4.69) is 9.88 Å².